The molecule has 5 heteroatoms. The van der Waals surface area contributed by atoms with Crippen molar-refractivity contribution in [2.24, 2.45) is 0 Å². The third-order valence-electron chi connectivity index (χ3n) is 1.41. The molecule has 2 aromatic heterocycles. The summed E-state index contributed by atoms with van der Waals surface area (Å²) in [6, 6.07) is 5.74. The summed E-state index contributed by atoms with van der Waals surface area (Å²) in [5.41, 5.74) is 1.75. The molecule has 0 aromatic carbocycles. The summed E-state index contributed by atoms with van der Waals surface area (Å²) < 4.78 is 0.663. The van der Waals surface area contributed by atoms with E-state index in [0.717, 1.165) is 11.4 Å². The van der Waals surface area contributed by atoms with Gasteiger partial charge in [0, 0.05) is 6.20 Å². The average Bonchev–Trinajstić information content (AvgIpc) is 2.54. The molecule has 0 saturated heterocycles. The zero-order chi connectivity index (χ0) is 8.39. The molecule has 0 N–H and O–H groups in total. The van der Waals surface area contributed by atoms with E-state index in [1.54, 1.807) is 6.20 Å². The van der Waals surface area contributed by atoms with Gasteiger partial charge < -0.3 is 24.0 Å². The van der Waals surface area contributed by atoms with Gasteiger partial charge in [-0.2, -0.15) is 0 Å². The van der Waals surface area contributed by atoms with Crippen LogP contribution in [0, 0.1) is 0 Å². The molecule has 0 atom stereocenters. The molecular weight excluding hydrogens is 211 g/mol. The minimum atomic E-state index is 0. The van der Waals surface area contributed by atoms with E-state index in [-0.39, 0.29) is 29.6 Å². The summed E-state index contributed by atoms with van der Waals surface area (Å²) in [5.74, 6) is 0. The van der Waals surface area contributed by atoms with Crippen LogP contribution in [0.4, 0.5) is 0 Å². The Balaban J connectivity index is 0.000000845. The molecule has 0 aliphatic rings. The third kappa shape index (κ3) is 2.72. The second-order valence-electron chi connectivity index (χ2n) is 2.21. The smallest absolute Gasteiger partial charge is 0.408 e. The van der Waals surface area contributed by atoms with Crippen LogP contribution in [0.3, 0.4) is 0 Å². The Kier molecular flexibility index (Phi) is 4.28. The summed E-state index contributed by atoms with van der Waals surface area (Å²) in [7, 11) is 0. The van der Waals surface area contributed by atoms with Gasteiger partial charge in [0.25, 0.3) is 0 Å². The van der Waals surface area contributed by atoms with Crippen molar-refractivity contribution in [1.29, 1.82) is 0 Å². The molecule has 0 saturated carbocycles. The van der Waals surface area contributed by atoms with E-state index in [0.29, 0.717) is 4.34 Å². The van der Waals surface area contributed by atoms with Crippen LogP contribution in [0.1, 0.15) is 0 Å². The van der Waals surface area contributed by atoms with Crippen molar-refractivity contribution in [3.05, 3.63) is 29.8 Å². The van der Waals surface area contributed by atoms with Crippen LogP contribution in [0.2, 0.25) is 0 Å². The first-order valence-electron chi connectivity index (χ1n) is 3.40. The second kappa shape index (κ2) is 5.02. The standard InChI is InChI=1S/C8H6N2S2.Na/c11-8-10-7(5-12-8)6-3-1-2-4-9-6;/h1-5H,(H,10,11);/q;+1/p-1. The minimum absolute atomic E-state index is 0. The van der Waals surface area contributed by atoms with Crippen molar-refractivity contribution in [3.8, 4) is 11.4 Å². The Bertz CT molecular complexity index is 375. The Labute approximate surface area is 108 Å². The molecule has 0 bridgehead atoms. The third-order valence-corrected chi connectivity index (χ3v) is 2.42. The van der Waals surface area contributed by atoms with Crippen LogP contribution in [-0.4, -0.2) is 9.97 Å². The van der Waals surface area contributed by atoms with Gasteiger partial charge in [0.2, 0.25) is 0 Å². The Hall–Kier alpha value is -0.000000000000000139. The first-order valence-corrected chi connectivity index (χ1v) is 4.69. The van der Waals surface area contributed by atoms with E-state index in [1.165, 1.54) is 11.3 Å². The van der Waals surface area contributed by atoms with Crippen LogP contribution in [0.15, 0.2) is 34.1 Å². The normalized spacial score (nSPS) is 9.23. The zero-order valence-corrected chi connectivity index (χ0v) is 10.7. The Morgan fingerprint density at radius 2 is 2.08 bits per heavy atom. The summed E-state index contributed by atoms with van der Waals surface area (Å²) in [6.07, 6.45) is 1.75. The maximum atomic E-state index is 4.91. The quantitative estimate of drug-likeness (QED) is 0.457. The van der Waals surface area contributed by atoms with Crippen LogP contribution >= 0.6 is 11.3 Å². The van der Waals surface area contributed by atoms with Crippen molar-refractivity contribution in [2.45, 2.75) is 4.34 Å². The van der Waals surface area contributed by atoms with E-state index < -0.39 is 0 Å². The van der Waals surface area contributed by atoms with Gasteiger partial charge in [0.05, 0.1) is 11.4 Å². The van der Waals surface area contributed by atoms with Gasteiger partial charge in [0.1, 0.15) is 0 Å². The molecule has 0 amide bonds. The Morgan fingerprint density at radius 3 is 2.62 bits per heavy atom. The molecule has 2 rings (SSSR count). The second-order valence-corrected chi connectivity index (χ2v) is 3.72. The van der Waals surface area contributed by atoms with Gasteiger partial charge in [-0.05, 0) is 16.5 Å². The van der Waals surface area contributed by atoms with Crippen LogP contribution < -0.4 is 29.6 Å². The number of hydrogen-bond acceptors (Lipinski definition) is 4. The Morgan fingerprint density at radius 1 is 1.23 bits per heavy atom. The van der Waals surface area contributed by atoms with Gasteiger partial charge in [-0.1, -0.05) is 11.4 Å². The number of nitrogens with zero attached hydrogens (tertiary/aromatic N) is 2. The maximum absolute atomic E-state index is 4.91. The van der Waals surface area contributed by atoms with Crippen molar-refractivity contribution >= 4 is 24.0 Å². The molecule has 0 radical (unpaired) electrons. The molecule has 0 aliphatic carbocycles. The monoisotopic (exact) mass is 216 g/mol. The molecule has 2 heterocycles. The van der Waals surface area contributed by atoms with Gasteiger partial charge in [-0.15, -0.1) is 0 Å². The van der Waals surface area contributed by atoms with E-state index in [9.17, 15) is 0 Å². The molecule has 13 heavy (non-hydrogen) atoms. The van der Waals surface area contributed by atoms with Gasteiger partial charge in [0.15, 0.2) is 0 Å². The molecular formula is C8H5N2NaS2. The average molecular weight is 216 g/mol. The van der Waals surface area contributed by atoms with Gasteiger partial charge in [-0.25, -0.2) is 0 Å². The van der Waals surface area contributed by atoms with E-state index in [2.05, 4.69) is 9.97 Å². The number of thiazole rings is 1. The summed E-state index contributed by atoms with van der Waals surface area (Å²) >= 11 is 6.38. The molecule has 60 valence electrons. The summed E-state index contributed by atoms with van der Waals surface area (Å²) in [4.78, 5) is 8.31. The van der Waals surface area contributed by atoms with E-state index >= 15 is 0 Å². The van der Waals surface area contributed by atoms with Crippen molar-refractivity contribution in [2.75, 3.05) is 0 Å². The number of hydrogen-bond donors (Lipinski definition) is 0. The predicted molar refractivity (Wildman–Crippen MR) is 51.0 cm³/mol. The van der Waals surface area contributed by atoms with Crippen molar-refractivity contribution < 1.29 is 29.6 Å². The first kappa shape index (κ1) is 11.1. The number of rotatable bonds is 1. The summed E-state index contributed by atoms with van der Waals surface area (Å²) in [5, 5.41) is 1.92. The minimum Gasteiger partial charge on any atom is -0.408 e. The zero-order valence-electron chi connectivity index (χ0n) is 7.10. The van der Waals surface area contributed by atoms with Gasteiger partial charge in [-0.3, -0.25) is 9.97 Å². The van der Waals surface area contributed by atoms with Crippen LogP contribution in [0.25, 0.3) is 11.4 Å². The maximum Gasteiger partial charge on any atom is 1.00 e. The fourth-order valence-electron chi connectivity index (χ4n) is 0.889. The number of aromatic nitrogens is 2. The fraction of sp³-hybridized carbons (Fsp3) is 0. The van der Waals surface area contributed by atoms with Crippen molar-refractivity contribution in [3.63, 3.8) is 0 Å². The van der Waals surface area contributed by atoms with Gasteiger partial charge >= 0.3 is 29.6 Å². The van der Waals surface area contributed by atoms with Crippen LogP contribution in [-0.2, 0) is 12.6 Å². The van der Waals surface area contributed by atoms with E-state index in [1.807, 2.05) is 23.6 Å². The number of pyridine rings is 1. The summed E-state index contributed by atoms with van der Waals surface area (Å²) in [6.45, 7) is 0. The van der Waals surface area contributed by atoms with Crippen LogP contribution in [0.5, 0.6) is 0 Å². The SMILES string of the molecule is [Na+].[S-]c1nc(-c2ccccn2)cs1. The molecule has 0 unspecified atom stereocenters. The molecule has 0 fully saturated rings. The molecule has 2 nitrogen and oxygen atoms in total. The molecule has 0 spiro atoms. The topological polar surface area (TPSA) is 25.8 Å². The van der Waals surface area contributed by atoms with E-state index in [4.69, 9.17) is 12.6 Å². The largest absolute Gasteiger partial charge is 1.00 e. The fourth-order valence-corrected chi connectivity index (χ4v) is 1.67. The molecule has 0 aliphatic heterocycles. The first-order chi connectivity index (χ1) is 5.86. The van der Waals surface area contributed by atoms with Crippen molar-refractivity contribution in [1.82, 2.24) is 9.97 Å². The predicted octanol–water partition coefficient (Wildman–Crippen LogP) is -0.885. The molecule has 2 aromatic rings.